The van der Waals surface area contributed by atoms with Gasteiger partial charge in [0.05, 0.1) is 15.7 Å². The largest absolute Gasteiger partial charge is 0.462 e. The molecule has 4 nitrogen and oxygen atoms in total. The molecule has 0 spiro atoms. The highest BCUT2D eigenvalue weighted by molar-refractivity contribution is 7.89. The first-order valence-corrected chi connectivity index (χ1v) is 10.8. The molecule has 0 aliphatic heterocycles. The standard InChI is InChI=1S/C17H17NO3S3/c1-3-21-16(20)14-11-7-4-5-8-12(11)17(23-14)24(2)18-15(19)13-9-6-10-22-13/h5-6,8-10H,3-4,7H2,1-2H3/t24-/m0/s1. The Hall–Kier alpha value is -1.57. The van der Waals surface area contributed by atoms with Gasteiger partial charge in [-0.05, 0) is 43.0 Å². The molecule has 0 unspecified atom stereocenters. The monoisotopic (exact) mass is 379 g/mol. The van der Waals surface area contributed by atoms with Gasteiger partial charge < -0.3 is 4.74 Å². The van der Waals surface area contributed by atoms with Gasteiger partial charge in [0.2, 0.25) is 0 Å². The van der Waals surface area contributed by atoms with Crippen LogP contribution in [0, 0.1) is 0 Å². The summed E-state index contributed by atoms with van der Waals surface area (Å²) in [6.45, 7) is 2.16. The minimum atomic E-state index is -0.596. The Labute approximate surface area is 151 Å². The number of carbonyl (C=O) groups excluding carboxylic acids is 2. The van der Waals surface area contributed by atoms with Gasteiger partial charge in [-0.15, -0.1) is 22.7 Å². The van der Waals surface area contributed by atoms with Gasteiger partial charge in [-0.1, -0.05) is 28.9 Å². The molecule has 0 bridgehead atoms. The normalized spacial score (nSPS) is 14.4. The number of amides is 1. The Bertz CT molecular complexity index is 832. The lowest BCUT2D eigenvalue weighted by atomic mass is 10.00. The first-order chi connectivity index (χ1) is 11.6. The molecular weight excluding hydrogens is 362 g/mol. The van der Waals surface area contributed by atoms with Crippen molar-refractivity contribution in [1.82, 2.24) is 0 Å². The summed E-state index contributed by atoms with van der Waals surface area (Å²) in [4.78, 5) is 25.8. The molecule has 0 fully saturated rings. The van der Waals surface area contributed by atoms with Crippen LogP contribution in [0.4, 0.5) is 0 Å². The van der Waals surface area contributed by atoms with E-state index < -0.39 is 10.7 Å². The number of ether oxygens (including phenoxy) is 1. The fourth-order valence-electron chi connectivity index (χ4n) is 2.49. The molecule has 0 aromatic carbocycles. The SMILES string of the molecule is CCOC(=O)c1sc([S@](C)=NC(=O)c2cccs2)c2c1CCC=C2. The van der Waals surface area contributed by atoms with Crippen LogP contribution in [0.1, 0.15) is 43.8 Å². The van der Waals surface area contributed by atoms with E-state index in [-0.39, 0.29) is 11.9 Å². The van der Waals surface area contributed by atoms with Crippen LogP contribution in [0.5, 0.6) is 0 Å². The van der Waals surface area contributed by atoms with E-state index in [0.717, 1.165) is 28.2 Å². The summed E-state index contributed by atoms with van der Waals surface area (Å²) in [7, 11) is -0.596. The molecule has 2 aromatic heterocycles. The van der Waals surface area contributed by atoms with Crippen molar-refractivity contribution < 1.29 is 14.3 Å². The van der Waals surface area contributed by atoms with Crippen molar-refractivity contribution in [2.75, 3.05) is 12.9 Å². The Kier molecular flexibility index (Phi) is 5.43. The van der Waals surface area contributed by atoms with Crippen molar-refractivity contribution in [2.45, 2.75) is 24.0 Å². The first kappa shape index (κ1) is 17.3. The molecule has 1 aliphatic rings. The third-order valence-electron chi connectivity index (χ3n) is 3.54. The minimum Gasteiger partial charge on any atom is -0.462 e. The number of fused-ring (bicyclic) bond motifs is 1. The third kappa shape index (κ3) is 3.43. The van der Waals surface area contributed by atoms with Gasteiger partial charge in [-0.2, -0.15) is 4.36 Å². The number of thiophene rings is 2. The summed E-state index contributed by atoms with van der Waals surface area (Å²) in [5, 5.41) is 1.87. The molecule has 1 amide bonds. The molecule has 1 aliphatic carbocycles. The fourth-order valence-corrected chi connectivity index (χ4v) is 5.91. The van der Waals surface area contributed by atoms with Crippen molar-refractivity contribution in [2.24, 2.45) is 4.36 Å². The molecule has 0 saturated carbocycles. The highest BCUT2D eigenvalue weighted by atomic mass is 32.2. The Morgan fingerprint density at radius 2 is 2.25 bits per heavy atom. The van der Waals surface area contributed by atoms with Crippen LogP contribution < -0.4 is 0 Å². The van der Waals surface area contributed by atoms with Gasteiger partial charge in [-0.3, -0.25) is 4.79 Å². The van der Waals surface area contributed by atoms with E-state index in [1.165, 1.54) is 22.7 Å². The van der Waals surface area contributed by atoms with E-state index in [1.807, 2.05) is 23.8 Å². The van der Waals surface area contributed by atoms with Gasteiger partial charge in [0.15, 0.2) is 0 Å². The lowest BCUT2D eigenvalue weighted by Gasteiger charge is -2.08. The molecule has 0 saturated heterocycles. The average Bonchev–Trinajstić information content (AvgIpc) is 3.23. The van der Waals surface area contributed by atoms with E-state index >= 15 is 0 Å². The predicted molar refractivity (Wildman–Crippen MR) is 100 cm³/mol. The van der Waals surface area contributed by atoms with Gasteiger partial charge >= 0.3 is 5.97 Å². The summed E-state index contributed by atoms with van der Waals surface area (Å²) >= 11 is 2.80. The quantitative estimate of drug-likeness (QED) is 0.731. The van der Waals surface area contributed by atoms with Crippen molar-refractivity contribution in [1.29, 1.82) is 0 Å². The second-order valence-corrected chi connectivity index (χ2v) is 8.90. The summed E-state index contributed by atoms with van der Waals surface area (Å²) in [5.74, 6) is -0.475. The summed E-state index contributed by atoms with van der Waals surface area (Å²) in [6, 6.07) is 3.62. The maximum absolute atomic E-state index is 12.2. The van der Waals surface area contributed by atoms with Crippen LogP contribution in [0.15, 0.2) is 32.2 Å². The molecule has 1 atom stereocenters. The van der Waals surface area contributed by atoms with Crippen molar-refractivity contribution >= 4 is 51.3 Å². The smallest absolute Gasteiger partial charge is 0.348 e. The van der Waals surface area contributed by atoms with E-state index in [1.54, 1.807) is 13.0 Å². The molecule has 126 valence electrons. The number of allylic oxidation sites excluding steroid dienone is 1. The fraction of sp³-hybridized carbons (Fsp3) is 0.294. The van der Waals surface area contributed by atoms with Gasteiger partial charge in [0.1, 0.15) is 4.88 Å². The van der Waals surface area contributed by atoms with E-state index in [9.17, 15) is 9.59 Å². The number of esters is 1. The molecule has 2 aromatic rings. The van der Waals surface area contributed by atoms with Gasteiger partial charge in [0.25, 0.3) is 5.91 Å². The van der Waals surface area contributed by atoms with Crippen molar-refractivity contribution in [3.63, 3.8) is 0 Å². The van der Waals surface area contributed by atoms with Crippen LogP contribution in [-0.2, 0) is 21.8 Å². The van der Waals surface area contributed by atoms with E-state index in [4.69, 9.17) is 4.74 Å². The zero-order chi connectivity index (χ0) is 17.1. The van der Waals surface area contributed by atoms with Gasteiger partial charge in [-0.25, -0.2) is 4.79 Å². The number of nitrogens with zero attached hydrogens (tertiary/aromatic N) is 1. The Balaban J connectivity index is 2.00. The number of carbonyl (C=O) groups is 2. The zero-order valence-corrected chi connectivity index (χ0v) is 15.9. The van der Waals surface area contributed by atoms with Crippen molar-refractivity contribution in [3.8, 4) is 0 Å². The number of hydrogen-bond donors (Lipinski definition) is 0. The van der Waals surface area contributed by atoms with Gasteiger partial charge in [0, 0.05) is 5.56 Å². The third-order valence-corrected chi connectivity index (χ3v) is 7.59. The van der Waals surface area contributed by atoms with Crippen LogP contribution in [0.25, 0.3) is 6.08 Å². The minimum absolute atomic E-state index is 0.199. The lowest BCUT2D eigenvalue weighted by molar-refractivity contribution is 0.0530. The van der Waals surface area contributed by atoms with E-state index in [0.29, 0.717) is 16.4 Å². The first-order valence-electron chi connectivity index (χ1n) is 7.56. The van der Waals surface area contributed by atoms with E-state index in [2.05, 4.69) is 10.4 Å². The second-order valence-electron chi connectivity index (χ2n) is 5.12. The Morgan fingerprint density at radius 3 is 2.96 bits per heavy atom. The average molecular weight is 380 g/mol. The lowest BCUT2D eigenvalue weighted by Crippen LogP contribution is -2.06. The molecule has 2 heterocycles. The Morgan fingerprint density at radius 1 is 1.42 bits per heavy atom. The van der Waals surface area contributed by atoms with Crippen molar-refractivity contribution in [3.05, 3.63) is 44.5 Å². The van der Waals surface area contributed by atoms with Crippen LogP contribution in [0.3, 0.4) is 0 Å². The molecular formula is C17H17NO3S3. The maximum atomic E-state index is 12.2. The topological polar surface area (TPSA) is 55.7 Å². The summed E-state index contributed by atoms with van der Waals surface area (Å²) in [6.07, 6.45) is 7.81. The molecule has 24 heavy (non-hydrogen) atoms. The van der Waals surface area contributed by atoms with Crippen LogP contribution >= 0.6 is 22.7 Å². The second kappa shape index (κ2) is 7.55. The number of hydrogen-bond acceptors (Lipinski definition) is 5. The summed E-state index contributed by atoms with van der Waals surface area (Å²) in [5.41, 5.74) is 2.08. The highest BCUT2D eigenvalue weighted by Gasteiger charge is 2.24. The number of rotatable bonds is 4. The molecule has 3 rings (SSSR count). The predicted octanol–water partition coefficient (Wildman–Crippen LogP) is 4.58. The highest BCUT2D eigenvalue weighted by Crippen LogP contribution is 2.36. The molecule has 7 heteroatoms. The van der Waals surface area contributed by atoms with Crippen LogP contribution in [-0.4, -0.2) is 24.7 Å². The summed E-state index contributed by atoms with van der Waals surface area (Å²) < 4.78 is 10.5. The van der Waals surface area contributed by atoms with Crippen LogP contribution in [0.2, 0.25) is 0 Å². The zero-order valence-electron chi connectivity index (χ0n) is 13.4. The molecule has 0 radical (unpaired) electrons. The maximum Gasteiger partial charge on any atom is 0.348 e. The molecule has 0 N–H and O–H groups in total.